The van der Waals surface area contributed by atoms with Crippen LogP contribution in [0.4, 0.5) is 4.53 Å². The normalized spacial score (nSPS) is 7.25. The van der Waals surface area contributed by atoms with Gasteiger partial charge in [-0.2, -0.15) is 0 Å². The van der Waals surface area contributed by atoms with E-state index in [1.165, 1.54) is 0 Å². The van der Waals surface area contributed by atoms with Crippen LogP contribution in [0.2, 0.25) is 0 Å². The van der Waals surface area contributed by atoms with Crippen LogP contribution in [0, 0.1) is 0 Å². The summed E-state index contributed by atoms with van der Waals surface area (Å²) in [5.74, 6) is 0. The van der Waals surface area contributed by atoms with Crippen molar-refractivity contribution in [1.29, 1.82) is 0 Å². The van der Waals surface area contributed by atoms with Crippen LogP contribution in [-0.2, 0) is 16.3 Å². The van der Waals surface area contributed by atoms with Crippen molar-refractivity contribution in [2.45, 2.75) is 0 Å². The van der Waals surface area contributed by atoms with Gasteiger partial charge >= 0.3 is 0 Å². The maximum atomic E-state index is 9.90. The largest absolute Gasteiger partial charge is 0.230 e. The number of hydrogen-bond donors (Lipinski definition) is 1. The summed E-state index contributed by atoms with van der Waals surface area (Å²) in [6, 6.07) is 0. The van der Waals surface area contributed by atoms with Crippen LogP contribution >= 0.6 is 0 Å². The first-order chi connectivity index (χ1) is 1.91. The number of thiol groups is 1. The van der Waals surface area contributed by atoms with E-state index in [9.17, 15) is 4.53 Å². The molecule has 0 atom stereocenters. The average molecular weight is 84.1 g/mol. The van der Waals surface area contributed by atoms with E-state index in [2.05, 4.69) is 4.39 Å². The molecule has 4 heteroatoms. The van der Waals surface area contributed by atoms with E-state index in [1.54, 1.807) is 0 Å². The molecule has 0 aliphatic rings. The number of rotatable bonds is 1. The lowest BCUT2D eigenvalue weighted by Crippen LogP contribution is -1.51. The first kappa shape index (κ1) is 4.04. The van der Waals surface area contributed by atoms with Gasteiger partial charge in [0.25, 0.3) is 0 Å². The third kappa shape index (κ3) is 2.04. The Morgan fingerprint density at radius 2 is 2.25 bits per heavy atom. The molecule has 0 N–H and O–H groups in total. The molecule has 0 radical (unpaired) electrons. The molecule has 0 saturated carbocycles. The zero-order valence-electron chi connectivity index (χ0n) is 1.64. The topological polar surface area (TPSA) is 26.3 Å². The van der Waals surface area contributed by atoms with Gasteiger partial charge in [0.15, 0.2) is 11.9 Å². The highest BCUT2D eigenvalue weighted by Crippen LogP contribution is 1.57. The predicted octanol–water partition coefficient (Wildman–Crippen LogP) is -0.252. The highest BCUT2D eigenvalue weighted by atomic mass is 32.2. The van der Waals surface area contributed by atoms with Gasteiger partial charge in [-0.15, -0.1) is 0 Å². The summed E-state index contributed by atoms with van der Waals surface area (Å²) in [6.07, 6.45) is 0. The molecule has 0 aromatic carbocycles. The Morgan fingerprint density at radius 1 is 2.00 bits per heavy atom. The van der Waals surface area contributed by atoms with Crippen LogP contribution in [0.1, 0.15) is 0 Å². The minimum Gasteiger partial charge on any atom is -0.230 e. The summed E-state index contributed by atoms with van der Waals surface area (Å²) in [4.78, 5) is 0. The summed E-state index contributed by atoms with van der Waals surface area (Å²) in [5, 5.41) is 0. The SMILES string of the molecule is O=[SH]OF. The van der Waals surface area contributed by atoms with Gasteiger partial charge in [0.2, 0.25) is 0 Å². The van der Waals surface area contributed by atoms with Crippen LogP contribution in [0.15, 0.2) is 0 Å². The van der Waals surface area contributed by atoms with E-state index in [0.29, 0.717) is 0 Å². The van der Waals surface area contributed by atoms with E-state index in [-0.39, 0.29) is 0 Å². The average Bonchev–Trinajstić information content (AvgIpc) is 1.37. The Balaban J connectivity index is 2.30. The van der Waals surface area contributed by atoms with Crippen molar-refractivity contribution < 1.29 is 13.1 Å². The summed E-state index contributed by atoms with van der Waals surface area (Å²) in [5.41, 5.74) is 0. The maximum Gasteiger partial charge on any atom is 0.180 e. The highest BCUT2D eigenvalue weighted by Gasteiger charge is 1.51. The lowest BCUT2D eigenvalue weighted by atomic mass is 15.6. The molecule has 0 aliphatic heterocycles. The Kier molecular flexibility index (Phi) is 3.07. The molecule has 2 nitrogen and oxygen atoms in total. The second kappa shape index (κ2) is 3.04. The van der Waals surface area contributed by atoms with Crippen LogP contribution in [0.3, 0.4) is 0 Å². The summed E-state index contributed by atoms with van der Waals surface area (Å²) < 4.78 is 21.0. The minimum absolute atomic E-state index is 0.918. The third-order valence-corrected chi connectivity index (χ3v) is 0.0845. The van der Waals surface area contributed by atoms with E-state index in [0.717, 1.165) is 0 Å². The van der Waals surface area contributed by atoms with Crippen LogP contribution in [0.25, 0.3) is 0 Å². The van der Waals surface area contributed by atoms with Gasteiger partial charge in [0.05, 0.1) is 0 Å². The van der Waals surface area contributed by atoms with E-state index < -0.39 is 11.9 Å². The van der Waals surface area contributed by atoms with Crippen LogP contribution < -0.4 is 0 Å². The smallest absolute Gasteiger partial charge is 0.180 e. The monoisotopic (exact) mass is 84.0 g/mol. The standard InChI is InChI=1S/FHO2S/c1-3-4-2/h4H. The van der Waals surface area contributed by atoms with Crippen LogP contribution in [0.5, 0.6) is 0 Å². The van der Waals surface area contributed by atoms with E-state index in [1.807, 2.05) is 0 Å². The molecule has 0 amide bonds. The second-order valence-corrected chi connectivity index (χ2v) is 0.431. The lowest BCUT2D eigenvalue weighted by molar-refractivity contribution is 0.0182. The Labute approximate surface area is 26.2 Å². The molecule has 0 spiro atoms. The van der Waals surface area contributed by atoms with Crippen molar-refractivity contribution in [3.8, 4) is 0 Å². The van der Waals surface area contributed by atoms with Gasteiger partial charge in [0.1, 0.15) is 0 Å². The molecule has 0 aliphatic carbocycles. The molecule has 0 unspecified atom stereocenters. The van der Waals surface area contributed by atoms with Gasteiger partial charge in [-0.25, -0.2) is 4.21 Å². The van der Waals surface area contributed by atoms with Gasteiger partial charge in [-0.05, 0) is 4.53 Å². The Bertz CT molecular complexity index is 20.0. The maximum absolute atomic E-state index is 9.90. The van der Waals surface area contributed by atoms with Crippen molar-refractivity contribution in [2.75, 3.05) is 0 Å². The molecule has 0 saturated heterocycles. The van der Waals surface area contributed by atoms with Gasteiger partial charge in [0, 0.05) is 0 Å². The summed E-state index contributed by atoms with van der Waals surface area (Å²) in [7, 11) is 0. The zero-order valence-corrected chi connectivity index (χ0v) is 2.54. The lowest BCUT2D eigenvalue weighted by Gasteiger charge is -1.52. The molecule has 0 aromatic heterocycles. The van der Waals surface area contributed by atoms with Crippen molar-refractivity contribution >= 4 is 11.9 Å². The van der Waals surface area contributed by atoms with Crippen molar-refractivity contribution in [1.82, 2.24) is 0 Å². The number of halogens is 1. The highest BCUT2D eigenvalue weighted by molar-refractivity contribution is 7.60. The van der Waals surface area contributed by atoms with E-state index >= 15 is 0 Å². The van der Waals surface area contributed by atoms with Crippen molar-refractivity contribution in [2.24, 2.45) is 0 Å². The van der Waals surface area contributed by atoms with E-state index in [4.69, 9.17) is 4.21 Å². The minimum atomic E-state index is -0.918. The molecule has 26 valence electrons. The first-order valence-corrected chi connectivity index (χ1v) is 1.25. The molecule has 0 bridgehead atoms. The molecule has 4 heavy (non-hydrogen) atoms. The molecular formula is HFO2S. The molecule has 0 aromatic rings. The predicted molar refractivity (Wildman–Crippen MR) is 11.7 cm³/mol. The fourth-order valence-corrected chi connectivity index (χ4v) is 0. The van der Waals surface area contributed by atoms with Crippen molar-refractivity contribution in [3.63, 3.8) is 0 Å². The fraction of sp³-hybridized carbons (Fsp3) is 0. The fourth-order valence-electron chi connectivity index (χ4n) is 0. The summed E-state index contributed by atoms with van der Waals surface area (Å²) >= 11 is -0.918. The first-order valence-electron chi connectivity index (χ1n) is 0.519. The second-order valence-electron chi connectivity index (χ2n) is 0.144. The summed E-state index contributed by atoms with van der Waals surface area (Å²) in [6.45, 7) is 0. The van der Waals surface area contributed by atoms with Gasteiger partial charge < -0.3 is 0 Å². The number of hydrogen-bond acceptors (Lipinski definition) is 2. The molecule has 0 rings (SSSR count). The Hall–Kier alpha value is 0.0400. The molecular weight excluding hydrogens is 83.1 g/mol. The zero-order chi connectivity index (χ0) is 3.41. The Morgan fingerprint density at radius 3 is 2.25 bits per heavy atom. The van der Waals surface area contributed by atoms with Gasteiger partial charge in [-0.1, -0.05) is 4.39 Å². The molecule has 0 heterocycles. The van der Waals surface area contributed by atoms with Crippen molar-refractivity contribution in [3.05, 3.63) is 0 Å². The van der Waals surface area contributed by atoms with Gasteiger partial charge in [-0.3, -0.25) is 0 Å². The third-order valence-electron chi connectivity index (χ3n) is 0.0282. The molecule has 0 fully saturated rings. The quantitative estimate of drug-likeness (QED) is 0.443. The van der Waals surface area contributed by atoms with Crippen LogP contribution in [-0.4, -0.2) is 4.21 Å².